The molecule has 1 aromatic heterocycles. The molecule has 0 fully saturated rings. The maximum atomic E-state index is 10.8. The Labute approximate surface area is 133 Å². The number of hydrogen-bond acceptors (Lipinski definition) is 4. The number of rotatable bonds is 5. The predicted molar refractivity (Wildman–Crippen MR) is 82.4 cm³/mol. The van der Waals surface area contributed by atoms with Crippen LogP contribution in [0.2, 0.25) is 0 Å². The van der Waals surface area contributed by atoms with Gasteiger partial charge >= 0.3 is 0 Å². The number of carbonyl (C=O) groups is 1. The van der Waals surface area contributed by atoms with Crippen LogP contribution in [0.4, 0.5) is 0 Å². The summed E-state index contributed by atoms with van der Waals surface area (Å²) in [4.78, 5) is 14.9. The minimum atomic E-state index is 0.314. The summed E-state index contributed by atoms with van der Waals surface area (Å²) < 4.78 is 12.3. The second-order valence-corrected chi connectivity index (χ2v) is 5.60. The fourth-order valence-corrected chi connectivity index (χ4v) is 3.10. The summed E-state index contributed by atoms with van der Waals surface area (Å²) in [7, 11) is 1.57. The molecule has 1 aromatic carbocycles. The second-order valence-electron chi connectivity index (χ2n) is 3.89. The monoisotopic (exact) mass is 399 g/mol. The molecule has 0 aliphatic carbocycles. The van der Waals surface area contributed by atoms with Crippen LogP contribution < -0.4 is 9.47 Å². The van der Waals surface area contributed by atoms with Crippen LogP contribution in [0.25, 0.3) is 0 Å². The first-order chi connectivity index (χ1) is 9.65. The third kappa shape index (κ3) is 3.37. The highest BCUT2D eigenvalue weighted by Crippen LogP contribution is 2.35. The molecule has 0 amide bonds. The quantitative estimate of drug-likeness (QED) is 0.711. The van der Waals surface area contributed by atoms with Gasteiger partial charge in [0.1, 0.15) is 18.6 Å². The number of aldehydes is 1. The van der Waals surface area contributed by atoms with E-state index in [-0.39, 0.29) is 0 Å². The normalized spacial score (nSPS) is 10.2. The van der Waals surface area contributed by atoms with Gasteiger partial charge in [-0.25, -0.2) is 4.98 Å². The van der Waals surface area contributed by atoms with E-state index in [1.807, 2.05) is 12.1 Å². The zero-order valence-electron chi connectivity index (χ0n) is 10.6. The SMILES string of the molecule is COc1ncccc1COc1c(Br)cc(C=O)cc1Br. The lowest BCUT2D eigenvalue weighted by molar-refractivity contribution is 0.112. The van der Waals surface area contributed by atoms with Crippen molar-refractivity contribution < 1.29 is 14.3 Å². The lowest BCUT2D eigenvalue weighted by Crippen LogP contribution is -2.01. The Kier molecular flexibility index (Phi) is 5.14. The van der Waals surface area contributed by atoms with Gasteiger partial charge in [0.15, 0.2) is 0 Å². The van der Waals surface area contributed by atoms with E-state index in [9.17, 15) is 4.79 Å². The molecule has 0 N–H and O–H groups in total. The highest BCUT2D eigenvalue weighted by Gasteiger charge is 2.11. The van der Waals surface area contributed by atoms with Gasteiger partial charge in [0.25, 0.3) is 0 Å². The van der Waals surface area contributed by atoms with E-state index in [0.717, 1.165) is 11.8 Å². The third-order valence-electron chi connectivity index (χ3n) is 2.57. The molecule has 2 aromatic rings. The van der Waals surface area contributed by atoms with Crippen molar-refractivity contribution in [3.05, 3.63) is 50.5 Å². The molecule has 0 bridgehead atoms. The van der Waals surface area contributed by atoms with Gasteiger partial charge in [-0.05, 0) is 56.1 Å². The average molecular weight is 401 g/mol. The van der Waals surface area contributed by atoms with Crippen molar-refractivity contribution in [2.45, 2.75) is 6.61 Å². The van der Waals surface area contributed by atoms with Gasteiger partial charge in [-0.2, -0.15) is 0 Å². The van der Waals surface area contributed by atoms with Crippen molar-refractivity contribution in [1.29, 1.82) is 0 Å². The zero-order chi connectivity index (χ0) is 14.5. The molecule has 1 heterocycles. The van der Waals surface area contributed by atoms with E-state index in [1.165, 1.54) is 0 Å². The Morgan fingerprint density at radius 1 is 1.30 bits per heavy atom. The van der Waals surface area contributed by atoms with Crippen LogP contribution in [0.3, 0.4) is 0 Å². The van der Waals surface area contributed by atoms with Crippen LogP contribution >= 0.6 is 31.9 Å². The van der Waals surface area contributed by atoms with Crippen LogP contribution in [-0.4, -0.2) is 18.4 Å². The van der Waals surface area contributed by atoms with E-state index in [2.05, 4.69) is 36.8 Å². The van der Waals surface area contributed by atoms with Gasteiger partial charge in [0.2, 0.25) is 5.88 Å². The van der Waals surface area contributed by atoms with Gasteiger partial charge in [0.05, 0.1) is 21.6 Å². The number of halogens is 2. The van der Waals surface area contributed by atoms with Crippen molar-refractivity contribution in [1.82, 2.24) is 4.98 Å². The maximum Gasteiger partial charge on any atom is 0.219 e. The van der Waals surface area contributed by atoms with Crippen molar-refractivity contribution in [3.8, 4) is 11.6 Å². The Hall–Kier alpha value is -1.40. The molecule has 104 valence electrons. The third-order valence-corrected chi connectivity index (χ3v) is 3.75. The lowest BCUT2D eigenvalue weighted by Gasteiger charge is -2.12. The highest BCUT2D eigenvalue weighted by atomic mass is 79.9. The van der Waals surface area contributed by atoms with Gasteiger partial charge in [0, 0.05) is 11.8 Å². The Bertz CT molecular complexity index is 609. The van der Waals surface area contributed by atoms with E-state index in [1.54, 1.807) is 25.4 Å². The molecule has 0 saturated carbocycles. The largest absolute Gasteiger partial charge is 0.486 e. The zero-order valence-corrected chi connectivity index (χ0v) is 13.8. The molecular formula is C14H11Br2NO3. The minimum absolute atomic E-state index is 0.314. The summed E-state index contributed by atoms with van der Waals surface area (Å²) in [6.45, 7) is 0.314. The molecule has 4 nitrogen and oxygen atoms in total. The molecule has 0 spiro atoms. The molecule has 2 rings (SSSR count). The smallest absolute Gasteiger partial charge is 0.219 e. The van der Waals surface area contributed by atoms with E-state index in [0.29, 0.717) is 32.7 Å². The number of ether oxygens (including phenoxy) is 2. The second kappa shape index (κ2) is 6.85. The molecular weight excluding hydrogens is 390 g/mol. The molecule has 0 unspecified atom stereocenters. The van der Waals surface area contributed by atoms with Crippen LogP contribution in [0.1, 0.15) is 15.9 Å². The van der Waals surface area contributed by atoms with Gasteiger partial charge in [-0.3, -0.25) is 4.79 Å². The Morgan fingerprint density at radius 3 is 2.60 bits per heavy atom. The van der Waals surface area contributed by atoms with Crippen molar-refractivity contribution in [2.75, 3.05) is 7.11 Å². The number of aromatic nitrogens is 1. The molecule has 0 atom stereocenters. The number of methoxy groups -OCH3 is 1. The van der Waals surface area contributed by atoms with Gasteiger partial charge in [-0.15, -0.1) is 0 Å². The summed E-state index contributed by atoms with van der Waals surface area (Å²) in [5, 5.41) is 0. The first-order valence-corrected chi connectivity index (χ1v) is 7.29. The summed E-state index contributed by atoms with van der Waals surface area (Å²) in [5.74, 6) is 1.16. The summed E-state index contributed by atoms with van der Waals surface area (Å²) in [6, 6.07) is 7.11. The van der Waals surface area contributed by atoms with Crippen molar-refractivity contribution >= 4 is 38.1 Å². The first-order valence-electron chi connectivity index (χ1n) is 5.70. The molecule has 20 heavy (non-hydrogen) atoms. The number of benzene rings is 1. The summed E-state index contributed by atoms with van der Waals surface area (Å²) in [6.07, 6.45) is 2.44. The topological polar surface area (TPSA) is 48.4 Å². The van der Waals surface area contributed by atoms with Gasteiger partial charge < -0.3 is 9.47 Å². The average Bonchev–Trinajstić information content (AvgIpc) is 2.46. The minimum Gasteiger partial charge on any atom is -0.486 e. The van der Waals surface area contributed by atoms with Crippen LogP contribution in [0.15, 0.2) is 39.4 Å². The van der Waals surface area contributed by atoms with Gasteiger partial charge in [-0.1, -0.05) is 0 Å². The van der Waals surface area contributed by atoms with Crippen LogP contribution in [0.5, 0.6) is 11.6 Å². The van der Waals surface area contributed by atoms with E-state index < -0.39 is 0 Å². The lowest BCUT2D eigenvalue weighted by atomic mass is 10.2. The number of hydrogen-bond donors (Lipinski definition) is 0. The Morgan fingerprint density at radius 2 is 2.00 bits per heavy atom. The number of pyridine rings is 1. The maximum absolute atomic E-state index is 10.8. The fraction of sp³-hybridized carbons (Fsp3) is 0.143. The van der Waals surface area contributed by atoms with Crippen LogP contribution in [-0.2, 0) is 6.61 Å². The number of nitrogens with zero attached hydrogens (tertiary/aromatic N) is 1. The molecule has 0 aliphatic heterocycles. The molecule has 0 aliphatic rings. The van der Waals surface area contributed by atoms with Crippen molar-refractivity contribution in [3.63, 3.8) is 0 Å². The number of carbonyl (C=O) groups excluding carboxylic acids is 1. The van der Waals surface area contributed by atoms with E-state index >= 15 is 0 Å². The Balaban J connectivity index is 2.21. The molecule has 6 heteroatoms. The highest BCUT2D eigenvalue weighted by molar-refractivity contribution is 9.11. The predicted octanol–water partition coefficient (Wildman–Crippen LogP) is 4.01. The molecule has 0 saturated heterocycles. The standard InChI is InChI=1S/C14H11Br2NO3/c1-19-14-10(3-2-4-17-14)8-20-13-11(15)5-9(7-18)6-12(13)16/h2-7H,8H2,1H3. The summed E-state index contributed by atoms with van der Waals surface area (Å²) in [5.41, 5.74) is 1.41. The van der Waals surface area contributed by atoms with Crippen LogP contribution in [0, 0.1) is 0 Å². The van der Waals surface area contributed by atoms with E-state index in [4.69, 9.17) is 9.47 Å². The summed E-state index contributed by atoms with van der Waals surface area (Å²) >= 11 is 6.77. The van der Waals surface area contributed by atoms with Crippen molar-refractivity contribution in [2.24, 2.45) is 0 Å². The fourth-order valence-electron chi connectivity index (χ4n) is 1.65. The first kappa shape index (κ1) is 15.0. The molecule has 0 radical (unpaired) electrons.